The van der Waals surface area contributed by atoms with E-state index in [1.807, 2.05) is 0 Å². The van der Waals surface area contributed by atoms with E-state index in [1.165, 1.54) is 36.9 Å². The van der Waals surface area contributed by atoms with Gasteiger partial charge < -0.3 is 25.6 Å². The van der Waals surface area contributed by atoms with Gasteiger partial charge in [-0.2, -0.15) is 0 Å². The molecule has 9 nitrogen and oxygen atoms in total. The topological polar surface area (TPSA) is 123 Å². The summed E-state index contributed by atoms with van der Waals surface area (Å²) in [6, 6.07) is 4.29. The molecule has 0 aliphatic rings. The number of carbonyl (C=O) groups is 1. The molecule has 0 fully saturated rings. The minimum absolute atomic E-state index is 0.0572. The predicted octanol–water partition coefficient (Wildman–Crippen LogP) is 1.89. The number of anilines is 3. The van der Waals surface area contributed by atoms with Crippen LogP contribution in [0, 0.1) is 5.82 Å². The van der Waals surface area contributed by atoms with Gasteiger partial charge >= 0.3 is 0 Å². The highest BCUT2D eigenvalue weighted by Gasteiger charge is 2.18. The molecule has 0 aromatic carbocycles. The van der Waals surface area contributed by atoms with Gasteiger partial charge in [0.25, 0.3) is 11.5 Å². The zero-order chi connectivity index (χ0) is 22.5. The van der Waals surface area contributed by atoms with Crippen LogP contribution in [0.3, 0.4) is 0 Å². The standard InChI is InChI=1S/C21H23FN6O3/c1-12(29)9-25-20(30)15-11-24-7-5-17(15)26-18-8-13(14-10-23-6-4-16(14)22)21(31)27-19(18)28(2)3/h4-8,10-12,29H,9H2,1-3H3,(H,24,26)(H,25,30)(H,27,31). The van der Waals surface area contributed by atoms with Crippen molar-refractivity contribution in [3.63, 3.8) is 0 Å². The zero-order valence-electron chi connectivity index (χ0n) is 17.3. The quantitative estimate of drug-likeness (QED) is 0.455. The SMILES string of the molecule is CC(O)CNC(=O)c1cnccc1Nc1cc(-c2cnccc2F)c(=O)[nH]c1N(C)C. The normalized spacial score (nSPS) is 11.6. The molecule has 3 aromatic heterocycles. The van der Waals surface area contributed by atoms with E-state index < -0.39 is 23.4 Å². The maximum absolute atomic E-state index is 14.3. The van der Waals surface area contributed by atoms with Gasteiger partial charge in [0.15, 0.2) is 0 Å². The predicted molar refractivity (Wildman–Crippen MR) is 116 cm³/mol. The van der Waals surface area contributed by atoms with E-state index in [9.17, 15) is 19.1 Å². The van der Waals surface area contributed by atoms with E-state index in [1.54, 1.807) is 32.0 Å². The summed E-state index contributed by atoms with van der Waals surface area (Å²) in [5.74, 6) is -0.567. The molecule has 0 spiro atoms. The van der Waals surface area contributed by atoms with E-state index in [0.717, 1.165) is 0 Å². The first-order valence-electron chi connectivity index (χ1n) is 9.49. The maximum Gasteiger partial charge on any atom is 0.257 e. The van der Waals surface area contributed by atoms with Gasteiger partial charge in [-0.1, -0.05) is 0 Å². The molecule has 1 atom stereocenters. The number of H-pyrrole nitrogens is 1. The van der Waals surface area contributed by atoms with Crippen LogP contribution in [0.5, 0.6) is 0 Å². The first-order valence-corrected chi connectivity index (χ1v) is 9.49. The Morgan fingerprint density at radius 3 is 2.58 bits per heavy atom. The smallest absolute Gasteiger partial charge is 0.257 e. The Hall–Kier alpha value is -3.79. The fourth-order valence-electron chi connectivity index (χ4n) is 2.91. The second-order valence-corrected chi connectivity index (χ2v) is 7.13. The summed E-state index contributed by atoms with van der Waals surface area (Å²) < 4.78 is 14.3. The van der Waals surface area contributed by atoms with Crippen molar-refractivity contribution < 1.29 is 14.3 Å². The summed E-state index contributed by atoms with van der Waals surface area (Å²) in [6.07, 6.45) is 4.78. The van der Waals surface area contributed by atoms with Gasteiger partial charge in [-0.3, -0.25) is 19.6 Å². The van der Waals surface area contributed by atoms with Gasteiger partial charge in [-0.15, -0.1) is 0 Å². The molecule has 10 heteroatoms. The van der Waals surface area contributed by atoms with Crippen LogP contribution in [-0.4, -0.2) is 52.7 Å². The minimum atomic E-state index is -0.700. The van der Waals surface area contributed by atoms with Gasteiger partial charge in [0.2, 0.25) is 0 Å². The summed E-state index contributed by atoms with van der Waals surface area (Å²) >= 11 is 0. The number of nitrogens with one attached hydrogen (secondary N) is 3. The Kier molecular flexibility index (Phi) is 6.61. The highest BCUT2D eigenvalue weighted by molar-refractivity contribution is 6.00. The van der Waals surface area contributed by atoms with Crippen molar-refractivity contribution in [1.29, 1.82) is 0 Å². The van der Waals surface area contributed by atoms with E-state index in [-0.39, 0.29) is 23.2 Å². The summed E-state index contributed by atoms with van der Waals surface area (Å²) in [5.41, 5.74) is 0.776. The third-order valence-corrected chi connectivity index (χ3v) is 4.42. The molecule has 0 aliphatic carbocycles. The van der Waals surface area contributed by atoms with E-state index >= 15 is 0 Å². The molecule has 162 valence electrons. The van der Waals surface area contributed by atoms with Crippen LogP contribution in [0.25, 0.3) is 11.1 Å². The van der Waals surface area contributed by atoms with Gasteiger partial charge in [-0.05, 0) is 25.1 Å². The number of aromatic nitrogens is 3. The highest BCUT2D eigenvalue weighted by atomic mass is 19.1. The average molecular weight is 426 g/mol. The lowest BCUT2D eigenvalue weighted by Gasteiger charge is -2.20. The molecule has 0 saturated heterocycles. The number of hydrogen-bond donors (Lipinski definition) is 4. The Balaban J connectivity index is 2.06. The Morgan fingerprint density at radius 1 is 1.19 bits per heavy atom. The van der Waals surface area contributed by atoms with Gasteiger partial charge in [0.05, 0.1) is 28.6 Å². The second kappa shape index (κ2) is 9.35. The molecule has 3 aromatic rings. The zero-order valence-corrected chi connectivity index (χ0v) is 17.3. The Labute approximate surface area is 178 Å². The molecule has 4 N–H and O–H groups in total. The molecule has 1 amide bonds. The molecule has 0 bridgehead atoms. The first-order chi connectivity index (χ1) is 14.8. The van der Waals surface area contributed by atoms with Gasteiger partial charge in [0.1, 0.15) is 11.6 Å². The maximum atomic E-state index is 14.3. The Morgan fingerprint density at radius 2 is 1.90 bits per heavy atom. The molecule has 3 heterocycles. The molecular formula is C21H23FN6O3. The average Bonchev–Trinajstić information content (AvgIpc) is 2.73. The number of rotatable bonds is 7. The summed E-state index contributed by atoms with van der Waals surface area (Å²) in [5, 5.41) is 15.2. The summed E-state index contributed by atoms with van der Waals surface area (Å²) in [4.78, 5) is 37.5. The van der Waals surface area contributed by atoms with Gasteiger partial charge in [0, 0.05) is 51.0 Å². The number of nitrogens with zero attached hydrogens (tertiary/aromatic N) is 3. The largest absolute Gasteiger partial charge is 0.392 e. The summed E-state index contributed by atoms with van der Waals surface area (Å²) in [7, 11) is 3.48. The van der Waals surface area contributed by atoms with Crippen molar-refractivity contribution in [3.05, 3.63) is 64.7 Å². The number of aliphatic hydroxyl groups is 1. The number of aliphatic hydroxyl groups excluding tert-OH is 1. The fourth-order valence-corrected chi connectivity index (χ4v) is 2.91. The summed E-state index contributed by atoms with van der Waals surface area (Å²) in [6.45, 7) is 1.64. The molecule has 0 aliphatic heterocycles. The second-order valence-electron chi connectivity index (χ2n) is 7.13. The Bertz CT molecular complexity index is 1150. The molecule has 31 heavy (non-hydrogen) atoms. The number of hydrogen-bond acceptors (Lipinski definition) is 7. The molecule has 3 rings (SSSR count). The minimum Gasteiger partial charge on any atom is -0.392 e. The fraction of sp³-hybridized carbons (Fsp3) is 0.238. The monoisotopic (exact) mass is 426 g/mol. The van der Waals surface area contributed by atoms with E-state index in [0.29, 0.717) is 17.2 Å². The number of carbonyl (C=O) groups excluding carboxylic acids is 1. The lowest BCUT2D eigenvalue weighted by atomic mass is 10.1. The van der Waals surface area contributed by atoms with Crippen molar-refractivity contribution in [2.45, 2.75) is 13.0 Å². The van der Waals surface area contributed by atoms with Crippen molar-refractivity contribution in [1.82, 2.24) is 20.3 Å². The van der Waals surface area contributed by atoms with Crippen LogP contribution < -0.4 is 21.1 Å². The number of amides is 1. The highest BCUT2D eigenvalue weighted by Crippen LogP contribution is 2.30. The van der Waals surface area contributed by atoms with Crippen molar-refractivity contribution in [2.24, 2.45) is 0 Å². The number of pyridine rings is 3. The van der Waals surface area contributed by atoms with Gasteiger partial charge in [-0.25, -0.2) is 4.39 Å². The molecular weight excluding hydrogens is 403 g/mol. The number of aromatic amines is 1. The lowest BCUT2D eigenvalue weighted by Crippen LogP contribution is -2.31. The number of halogens is 1. The lowest BCUT2D eigenvalue weighted by molar-refractivity contribution is 0.0924. The van der Waals surface area contributed by atoms with Crippen LogP contribution in [0.4, 0.5) is 21.6 Å². The van der Waals surface area contributed by atoms with Crippen LogP contribution in [0.1, 0.15) is 17.3 Å². The van der Waals surface area contributed by atoms with Crippen molar-refractivity contribution in [2.75, 3.05) is 30.9 Å². The van der Waals surface area contributed by atoms with Crippen LogP contribution in [0.15, 0.2) is 47.8 Å². The van der Waals surface area contributed by atoms with Crippen LogP contribution in [-0.2, 0) is 0 Å². The molecule has 0 saturated carbocycles. The van der Waals surface area contributed by atoms with E-state index in [2.05, 4.69) is 25.6 Å². The third kappa shape index (κ3) is 5.04. The van der Waals surface area contributed by atoms with E-state index in [4.69, 9.17) is 0 Å². The first kappa shape index (κ1) is 21.9. The third-order valence-electron chi connectivity index (χ3n) is 4.42. The van der Waals surface area contributed by atoms with Crippen molar-refractivity contribution >= 4 is 23.1 Å². The molecule has 0 radical (unpaired) electrons. The van der Waals surface area contributed by atoms with Crippen LogP contribution in [0.2, 0.25) is 0 Å². The van der Waals surface area contributed by atoms with Crippen LogP contribution >= 0.6 is 0 Å². The van der Waals surface area contributed by atoms with Crippen molar-refractivity contribution in [3.8, 4) is 11.1 Å². The molecule has 1 unspecified atom stereocenters.